The number of carbonyl (C=O) groups is 2. The molecule has 0 saturated heterocycles. The van der Waals surface area contributed by atoms with E-state index in [1.54, 1.807) is 0 Å². The maximum atomic E-state index is 11.9. The van der Waals surface area contributed by atoms with Gasteiger partial charge in [-0.2, -0.15) is 0 Å². The van der Waals surface area contributed by atoms with Gasteiger partial charge >= 0.3 is 11.9 Å². The van der Waals surface area contributed by atoms with E-state index in [4.69, 9.17) is 9.47 Å². The van der Waals surface area contributed by atoms with Gasteiger partial charge in [-0.1, -0.05) is 47.1 Å². The monoisotopic (exact) mass is 314 g/mol. The Morgan fingerprint density at radius 2 is 1.59 bits per heavy atom. The Labute approximate surface area is 133 Å². The molecule has 1 atom stereocenters. The second kappa shape index (κ2) is 10.4. The molecule has 0 bridgehead atoms. The molecule has 0 aliphatic heterocycles. The van der Waals surface area contributed by atoms with Gasteiger partial charge in [-0.05, 0) is 17.8 Å². The standard InChI is InChI=1S/C17H30O5/c1-11(2)7-16(19)21-10-14(9-18)22-17(20)8-15(12(3)4)13(5)6/h8,11-14,18H,7,9-10H2,1-6H3/t14-/m0/s1. The lowest BCUT2D eigenvalue weighted by Crippen LogP contribution is -2.28. The molecular weight excluding hydrogens is 284 g/mol. The Hall–Kier alpha value is -1.36. The smallest absolute Gasteiger partial charge is 0.331 e. The second-order valence-electron chi connectivity index (χ2n) is 6.48. The number of hydrogen-bond donors (Lipinski definition) is 1. The highest BCUT2D eigenvalue weighted by atomic mass is 16.6. The van der Waals surface area contributed by atoms with E-state index in [2.05, 4.69) is 0 Å². The van der Waals surface area contributed by atoms with Crippen molar-refractivity contribution in [3.8, 4) is 0 Å². The van der Waals surface area contributed by atoms with E-state index in [0.717, 1.165) is 5.57 Å². The molecule has 0 radical (unpaired) electrons. The van der Waals surface area contributed by atoms with Crippen LogP contribution in [0.15, 0.2) is 11.6 Å². The van der Waals surface area contributed by atoms with Crippen molar-refractivity contribution in [2.75, 3.05) is 13.2 Å². The summed E-state index contributed by atoms with van der Waals surface area (Å²) >= 11 is 0. The highest BCUT2D eigenvalue weighted by Crippen LogP contribution is 2.19. The van der Waals surface area contributed by atoms with Crippen molar-refractivity contribution >= 4 is 11.9 Å². The third-order valence-electron chi connectivity index (χ3n) is 3.11. The normalized spacial score (nSPS) is 12.5. The number of aliphatic hydroxyl groups is 1. The largest absolute Gasteiger partial charge is 0.462 e. The number of carbonyl (C=O) groups excluding carboxylic acids is 2. The average Bonchev–Trinajstić information content (AvgIpc) is 2.39. The lowest BCUT2D eigenvalue weighted by molar-refractivity contribution is -0.158. The van der Waals surface area contributed by atoms with Crippen LogP contribution in [0.1, 0.15) is 48.0 Å². The van der Waals surface area contributed by atoms with E-state index < -0.39 is 12.1 Å². The predicted molar refractivity (Wildman–Crippen MR) is 85.1 cm³/mol. The summed E-state index contributed by atoms with van der Waals surface area (Å²) in [5.41, 5.74) is 0.985. The van der Waals surface area contributed by atoms with Gasteiger partial charge in [-0.3, -0.25) is 4.79 Å². The Morgan fingerprint density at radius 3 is 2.00 bits per heavy atom. The lowest BCUT2D eigenvalue weighted by atomic mass is 9.92. The molecule has 0 aliphatic rings. The summed E-state index contributed by atoms with van der Waals surface area (Å²) in [5.74, 6) is -0.195. The van der Waals surface area contributed by atoms with Crippen molar-refractivity contribution < 1.29 is 24.2 Å². The van der Waals surface area contributed by atoms with E-state index in [1.807, 2.05) is 41.5 Å². The van der Waals surface area contributed by atoms with E-state index in [0.29, 0.717) is 6.42 Å². The first-order valence-electron chi connectivity index (χ1n) is 7.85. The maximum absolute atomic E-state index is 11.9. The van der Waals surface area contributed by atoms with E-state index in [1.165, 1.54) is 6.08 Å². The third kappa shape index (κ3) is 8.82. The highest BCUT2D eigenvalue weighted by molar-refractivity contribution is 5.83. The minimum Gasteiger partial charge on any atom is -0.462 e. The van der Waals surface area contributed by atoms with Crippen LogP contribution in [0.5, 0.6) is 0 Å². The molecule has 5 nitrogen and oxygen atoms in total. The van der Waals surface area contributed by atoms with Gasteiger partial charge in [0, 0.05) is 12.5 Å². The predicted octanol–water partition coefficient (Wildman–Crippen LogP) is 2.72. The zero-order valence-corrected chi connectivity index (χ0v) is 14.6. The van der Waals surface area contributed by atoms with Gasteiger partial charge in [0.05, 0.1) is 6.61 Å². The van der Waals surface area contributed by atoms with Crippen LogP contribution in [0.4, 0.5) is 0 Å². The van der Waals surface area contributed by atoms with Gasteiger partial charge < -0.3 is 14.6 Å². The van der Waals surface area contributed by atoms with Crippen molar-refractivity contribution in [1.82, 2.24) is 0 Å². The summed E-state index contributed by atoms with van der Waals surface area (Å²) in [6.07, 6.45) is 0.936. The molecule has 0 unspecified atom stereocenters. The fourth-order valence-corrected chi connectivity index (χ4v) is 2.04. The summed E-state index contributed by atoms with van der Waals surface area (Å²) in [6, 6.07) is 0. The summed E-state index contributed by atoms with van der Waals surface area (Å²) in [7, 11) is 0. The van der Waals surface area contributed by atoms with Crippen molar-refractivity contribution in [3.63, 3.8) is 0 Å². The molecule has 0 saturated carbocycles. The molecule has 0 rings (SSSR count). The van der Waals surface area contributed by atoms with Crippen LogP contribution in [-0.2, 0) is 19.1 Å². The van der Waals surface area contributed by atoms with Gasteiger partial charge in [-0.15, -0.1) is 0 Å². The molecule has 0 aromatic carbocycles. The number of hydrogen-bond acceptors (Lipinski definition) is 5. The zero-order chi connectivity index (χ0) is 17.3. The van der Waals surface area contributed by atoms with Crippen LogP contribution in [-0.4, -0.2) is 36.4 Å². The van der Waals surface area contributed by atoms with Crippen molar-refractivity contribution in [2.24, 2.45) is 17.8 Å². The van der Waals surface area contributed by atoms with Crippen molar-refractivity contribution in [3.05, 3.63) is 11.6 Å². The van der Waals surface area contributed by atoms with Gasteiger partial charge in [-0.25, -0.2) is 4.79 Å². The minimum absolute atomic E-state index is 0.125. The summed E-state index contributed by atoms with van der Waals surface area (Å²) in [6.45, 7) is 11.4. The molecular formula is C17H30O5. The van der Waals surface area contributed by atoms with E-state index in [9.17, 15) is 14.7 Å². The fourth-order valence-electron chi connectivity index (χ4n) is 2.04. The van der Waals surface area contributed by atoms with Crippen LogP contribution in [0.25, 0.3) is 0 Å². The lowest BCUT2D eigenvalue weighted by Gasteiger charge is -2.18. The first-order valence-corrected chi connectivity index (χ1v) is 7.85. The maximum Gasteiger partial charge on any atom is 0.331 e. The Kier molecular flexibility index (Phi) is 9.74. The van der Waals surface area contributed by atoms with Gasteiger partial charge in [0.25, 0.3) is 0 Å². The Morgan fingerprint density at radius 1 is 1.05 bits per heavy atom. The van der Waals surface area contributed by atoms with Gasteiger partial charge in [0.15, 0.2) is 6.10 Å². The van der Waals surface area contributed by atoms with Gasteiger partial charge in [0.2, 0.25) is 0 Å². The first kappa shape index (κ1) is 20.6. The number of rotatable bonds is 9. The van der Waals surface area contributed by atoms with Crippen LogP contribution in [0.3, 0.4) is 0 Å². The average molecular weight is 314 g/mol. The first-order chi connectivity index (χ1) is 10.2. The fraction of sp³-hybridized carbons (Fsp3) is 0.765. The second-order valence-corrected chi connectivity index (χ2v) is 6.48. The Balaban J connectivity index is 4.51. The minimum atomic E-state index is -0.833. The number of esters is 2. The quantitative estimate of drug-likeness (QED) is 0.523. The van der Waals surface area contributed by atoms with Crippen LogP contribution < -0.4 is 0 Å². The number of ether oxygens (including phenoxy) is 2. The third-order valence-corrected chi connectivity index (χ3v) is 3.11. The summed E-state index contributed by atoms with van der Waals surface area (Å²) in [4.78, 5) is 23.4. The van der Waals surface area contributed by atoms with E-state index in [-0.39, 0.29) is 36.9 Å². The van der Waals surface area contributed by atoms with Crippen LogP contribution in [0, 0.1) is 17.8 Å². The molecule has 0 spiro atoms. The van der Waals surface area contributed by atoms with Crippen molar-refractivity contribution in [1.29, 1.82) is 0 Å². The van der Waals surface area contributed by atoms with Crippen LogP contribution >= 0.6 is 0 Å². The number of allylic oxidation sites excluding steroid dienone is 1. The topological polar surface area (TPSA) is 72.8 Å². The van der Waals surface area contributed by atoms with Gasteiger partial charge in [0.1, 0.15) is 6.61 Å². The molecule has 128 valence electrons. The SMILES string of the molecule is CC(C)CC(=O)OC[C@H](CO)OC(=O)C=C(C(C)C)C(C)C. The van der Waals surface area contributed by atoms with Crippen molar-refractivity contribution in [2.45, 2.75) is 54.1 Å². The zero-order valence-electron chi connectivity index (χ0n) is 14.6. The molecule has 0 amide bonds. The van der Waals surface area contributed by atoms with Crippen LogP contribution in [0.2, 0.25) is 0 Å². The Bertz CT molecular complexity index is 373. The molecule has 5 heteroatoms. The molecule has 0 aromatic heterocycles. The molecule has 22 heavy (non-hydrogen) atoms. The highest BCUT2D eigenvalue weighted by Gasteiger charge is 2.17. The molecule has 1 N–H and O–H groups in total. The summed E-state index contributed by atoms with van der Waals surface area (Å²) < 4.78 is 10.2. The molecule has 0 aromatic rings. The molecule has 0 fully saturated rings. The van der Waals surface area contributed by atoms with E-state index >= 15 is 0 Å². The summed E-state index contributed by atoms with van der Waals surface area (Å²) in [5, 5.41) is 9.23. The molecule has 0 heterocycles. The number of aliphatic hydroxyl groups excluding tert-OH is 1. The molecule has 0 aliphatic carbocycles.